The zero-order valence-electron chi connectivity index (χ0n) is 10.8. The van der Waals surface area contributed by atoms with E-state index in [1.54, 1.807) is 0 Å². The minimum atomic E-state index is 0.653. The molecule has 0 aliphatic carbocycles. The Morgan fingerprint density at radius 2 is 2.24 bits per heavy atom. The Labute approximate surface area is 110 Å². The van der Waals surface area contributed by atoms with Crippen LogP contribution in [0, 0.1) is 5.92 Å². The van der Waals surface area contributed by atoms with Gasteiger partial charge in [-0.05, 0) is 36.1 Å². The van der Waals surface area contributed by atoms with Gasteiger partial charge in [0.25, 0.3) is 0 Å². The minimum Gasteiger partial charge on any atom is -0.384 e. The summed E-state index contributed by atoms with van der Waals surface area (Å²) in [5.41, 5.74) is 2.72. The number of fused-ring (bicyclic) bond motifs is 1. The molecule has 0 aromatic heterocycles. The van der Waals surface area contributed by atoms with Crippen molar-refractivity contribution in [2.45, 2.75) is 45.4 Å². The first-order valence-electron chi connectivity index (χ1n) is 6.79. The quantitative estimate of drug-likeness (QED) is 0.771. The maximum atomic E-state index is 6.11. The van der Waals surface area contributed by atoms with Gasteiger partial charge in [-0.25, -0.2) is 0 Å². The van der Waals surface area contributed by atoms with Gasteiger partial charge in [0.15, 0.2) is 0 Å². The molecule has 2 atom stereocenters. The number of hydrogen-bond donors (Lipinski definition) is 1. The highest BCUT2D eigenvalue weighted by Crippen LogP contribution is 2.40. The zero-order valence-corrected chi connectivity index (χ0v) is 11.6. The fraction of sp³-hybridized carbons (Fsp3) is 0.600. The SMILES string of the molecule is CCCCC(CC)C1CNc2ccc(Cl)cc21. The second-order valence-corrected chi connectivity index (χ2v) is 5.47. The van der Waals surface area contributed by atoms with Crippen molar-refractivity contribution in [1.29, 1.82) is 0 Å². The molecule has 1 aromatic carbocycles. The third-order valence-electron chi connectivity index (χ3n) is 3.95. The van der Waals surface area contributed by atoms with Crippen molar-refractivity contribution in [3.63, 3.8) is 0 Å². The van der Waals surface area contributed by atoms with Gasteiger partial charge in [-0.2, -0.15) is 0 Å². The number of rotatable bonds is 5. The average Bonchev–Trinajstić information content (AvgIpc) is 2.73. The lowest BCUT2D eigenvalue weighted by Crippen LogP contribution is -2.14. The molecule has 1 aliphatic heterocycles. The number of hydrogen-bond acceptors (Lipinski definition) is 1. The summed E-state index contributed by atoms with van der Waals surface area (Å²) in [6.45, 7) is 5.66. The van der Waals surface area contributed by atoms with Crippen LogP contribution in [0.3, 0.4) is 0 Å². The summed E-state index contributed by atoms with van der Waals surface area (Å²) in [6, 6.07) is 6.24. The largest absolute Gasteiger partial charge is 0.384 e. The van der Waals surface area contributed by atoms with Gasteiger partial charge in [0.05, 0.1) is 0 Å². The summed E-state index contributed by atoms with van der Waals surface area (Å²) < 4.78 is 0. The van der Waals surface area contributed by atoms with Crippen molar-refractivity contribution in [1.82, 2.24) is 0 Å². The van der Waals surface area contributed by atoms with Crippen LogP contribution in [0.5, 0.6) is 0 Å². The highest BCUT2D eigenvalue weighted by atomic mass is 35.5. The van der Waals surface area contributed by atoms with Gasteiger partial charge in [-0.3, -0.25) is 0 Å². The number of anilines is 1. The molecule has 0 radical (unpaired) electrons. The molecule has 1 aliphatic rings. The molecule has 1 nitrogen and oxygen atoms in total. The first-order valence-corrected chi connectivity index (χ1v) is 7.17. The number of nitrogens with one attached hydrogen (secondary N) is 1. The van der Waals surface area contributed by atoms with E-state index in [4.69, 9.17) is 11.6 Å². The Kier molecular flexibility index (Phi) is 4.33. The number of benzene rings is 1. The second-order valence-electron chi connectivity index (χ2n) is 5.03. The molecule has 2 rings (SSSR count). The molecule has 0 bridgehead atoms. The summed E-state index contributed by atoms with van der Waals surface area (Å²) in [6.07, 6.45) is 5.23. The monoisotopic (exact) mass is 251 g/mol. The molecule has 0 fully saturated rings. The molecule has 1 heterocycles. The third-order valence-corrected chi connectivity index (χ3v) is 4.18. The first-order chi connectivity index (χ1) is 8.26. The lowest BCUT2D eigenvalue weighted by atomic mass is 9.82. The van der Waals surface area contributed by atoms with Crippen LogP contribution in [0.2, 0.25) is 5.02 Å². The Morgan fingerprint density at radius 1 is 1.41 bits per heavy atom. The molecule has 0 spiro atoms. The highest BCUT2D eigenvalue weighted by molar-refractivity contribution is 6.30. The third kappa shape index (κ3) is 2.77. The molecular weight excluding hydrogens is 230 g/mol. The van der Waals surface area contributed by atoms with Gasteiger partial charge in [-0.15, -0.1) is 0 Å². The van der Waals surface area contributed by atoms with E-state index >= 15 is 0 Å². The smallest absolute Gasteiger partial charge is 0.0410 e. The molecule has 2 heteroatoms. The Morgan fingerprint density at radius 3 is 2.94 bits per heavy atom. The molecule has 17 heavy (non-hydrogen) atoms. The van der Waals surface area contributed by atoms with Gasteiger partial charge < -0.3 is 5.32 Å². The van der Waals surface area contributed by atoms with E-state index in [1.165, 1.54) is 36.9 Å². The highest BCUT2D eigenvalue weighted by Gasteiger charge is 2.28. The summed E-state index contributed by atoms with van der Waals surface area (Å²) in [7, 11) is 0. The minimum absolute atomic E-state index is 0.653. The summed E-state index contributed by atoms with van der Waals surface area (Å²) in [4.78, 5) is 0. The lowest BCUT2D eigenvalue weighted by Gasteiger charge is -2.22. The standard InChI is InChI=1S/C15H22ClN/c1-3-5-6-11(4-2)14-10-17-15-8-7-12(16)9-13(14)15/h7-9,11,14,17H,3-6,10H2,1-2H3. The van der Waals surface area contributed by atoms with E-state index in [0.29, 0.717) is 5.92 Å². The van der Waals surface area contributed by atoms with Crippen LogP contribution < -0.4 is 5.32 Å². The molecule has 94 valence electrons. The first kappa shape index (κ1) is 12.8. The fourth-order valence-electron chi connectivity index (χ4n) is 2.91. The fourth-order valence-corrected chi connectivity index (χ4v) is 3.09. The van der Waals surface area contributed by atoms with Crippen LogP contribution in [0.15, 0.2) is 18.2 Å². The summed E-state index contributed by atoms with van der Waals surface area (Å²) >= 11 is 6.11. The Balaban J connectivity index is 2.16. The van der Waals surface area contributed by atoms with Crippen LogP contribution >= 0.6 is 11.6 Å². The van der Waals surface area contributed by atoms with Crippen LogP contribution in [0.4, 0.5) is 5.69 Å². The predicted octanol–water partition coefficient (Wildman–Crippen LogP) is 5.07. The molecular formula is C15H22ClN. The maximum absolute atomic E-state index is 6.11. The van der Waals surface area contributed by atoms with E-state index in [9.17, 15) is 0 Å². The maximum Gasteiger partial charge on any atom is 0.0410 e. The Bertz CT molecular complexity index is 375. The van der Waals surface area contributed by atoms with Crippen molar-refractivity contribution in [3.8, 4) is 0 Å². The lowest BCUT2D eigenvalue weighted by molar-refractivity contribution is 0.389. The van der Waals surface area contributed by atoms with Gasteiger partial charge in [0, 0.05) is 23.2 Å². The average molecular weight is 252 g/mol. The van der Waals surface area contributed by atoms with Gasteiger partial charge in [-0.1, -0.05) is 44.7 Å². The molecule has 1 N–H and O–H groups in total. The van der Waals surface area contributed by atoms with Crippen LogP contribution in [-0.4, -0.2) is 6.54 Å². The van der Waals surface area contributed by atoms with Gasteiger partial charge in [0.2, 0.25) is 0 Å². The summed E-state index contributed by atoms with van der Waals surface area (Å²) in [5, 5.41) is 4.37. The van der Waals surface area contributed by atoms with Crippen molar-refractivity contribution < 1.29 is 0 Å². The molecule has 0 amide bonds. The number of halogens is 1. The van der Waals surface area contributed by atoms with E-state index in [0.717, 1.165) is 17.5 Å². The summed E-state index contributed by atoms with van der Waals surface area (Å²) in [5.74, 6) is 1.45. The van der Waals surface area contributed by atoms with Crippen molar-refractivity contribution >= 4 is 17.3 Å². The zero-order chi connectivity index (χ0) is 12.3. The van der Waals surface area contributed by atoms with Crippen molar-refractivity contribution in [3.05, 3.63) is 28.8 Å². The van der Waals surface area contributed by atoms with E-state index in [-0.39, 0.29) is 0 Å². The molecule has 1 aromatic rings. The van der Waals surface area contributed by atoms with Gasteiger partial charge >= 0.3 is 0 Å². The number of unbranched alkanes of at least 4 members (excludes halogenated alkanes) is 1. The van der Waals surface area contributed by atoms with Crippen molar-refractivity contribution in [2.24, 2.45) is 5.92 Å². The van der Waals surface area contributed by atoms with Gasteiger partial charge in [0.1, 0.15) is 0 Å². The normalized spacial score (nSPS) is 19.8. The van der Waals surface area contributed by atoms with Crippen molar-refractivity contribution in [2.75, 3.05) is 11.9 Å². The van der Waals surface area contributed by atoms with E-state index in [1.807, 2.05) is 6.07 Å². The topological polar surface area (TPSA) is 12.0 Å². The van der Waals surface area contributed by atoms with Crippen LogP contribution in [-0.2, 0) is 0 Å². The molecule has 0 saturated carbocycles. The second kappa shape index (κ2) is 5.77. The Hall–Kier alpha value is -0.690. The van der Waals surface area contributed by atoms with Crippen LogP contribution in [0.1, 0.15) is 51.0 Å². The van der Waals surface area contributed by atoms with E-state index < -0.39 is 0 Å². The predicted molar refractivity (Wildman–Crippen MR) is 76.0 cm³/mol. The van der Waals surface area contributed by atoms with E-state index in [2.05, 4.69) is 31.3 Å². The van der Waals surface area contributed by atoms with Crippen LogP contribution in [0.25, 0.3) is 0 Å². The molecule has 2 unspecified atom stereocenters. The molecule has 0 saturated heterocycles.